The fourth-order valence-corrected chi connectivity index (χ4v) is 1.17. The average molecular weight is 211 g/mol. The standard InChI is InChI=1S/C7H6ClF3N2/c8-3-4-5(12)1-2-13-6(4)7(9,10)11/h1-2H,3H2,(H2,12,13). The second-order valence-electron chi connectivity index (χ2n) is 2.36. The zero-order valence-corrected chi connectivity index (χ0v) is 7.15. The van der Waals surface area contributed by atoms with Crippen molar-refractivity contribution in [2.24, 2.45) is 0 Å². The number of nitrogen functional groups attached to an aromatic ring is 1. The van der Waals surface area contributed by atoms with Crippen LogP contribution in [0.5, 0.6) is 0 Å². The number of anilines is 1. The monoisotopic (exact) mass is 210 g/mol. The van der Waals surface area contributed by atoms with Gasteiger partial charge >= 0.3 is 6.18 Å². The van der Waals surface area contributed by atoms with E-state index in [9.17, 15) is 13.2 Å². The van der Waals surface area contributed by atoms with E-state index in [1.165, 1.54) is 6.07 Å². The van der Waals surface area contributed by atoms with Crippen LogP contribution in [0.1, 0.15) is 11.3 Å². The maximum absolute atomic E-state index is 12.2. The first-order chi connectivity index (χ1) is 5.96. The Labute approximate surface area is 77.5 Å². The van der Waals surface area contributed by atoms with Crippen LogP contribution in [0.4, 0.5) is 18.9 Å². The van der Waals surface area contributed by atoms with E-state index in [0.29, 0.717) is 0 Å². The van der Waals surface area contributed by atoms with Gasteiger partial charge in [-0.3, -0.25) is 4.98 Å². The van der Waals surface area contributed by atoms with Gasteiger partial charge in [-0.05, 0) is 6.07 Å². The van der Waals surface area contributed by atoms with Crippen molar-refractivity contribution in [3.63, 3.8) is 0 Å². The van der Waals surface area contributed by atoms with Gasteiger partial charge in [0.15, 0.2) is 5.69 Å². The predicted octanol–water partition coefficient (Wildman–Crippen LogP) is 2.42. The lowest BCUT2D eigenvalue weighted by Crippen LogP contribution is -2.12. The topological polar surface area (TPSA) is 38.9 Å². The number of nitrogens with zero attached hydrogens (tertiary/aromatic N) is 1. The summed E-state index contributed by atoms with van der Waals surface area (Å²) in [7, 11) is 0. The molecule has 0 radical (unpaired) electrons. The van der Waals surface area contributed by atoms with Gasteiger partial charge in [0.1, 0.15) is 0 Å². The van der Waals surface area contributed by atoms with Gasteiger partial charge in [-0.15, -0.1) is 11.6 Å². The van der Waals surface area contributed by atoms with Gasteiger partial charge in [-0.1, -0.05) is 0 Å². The third-order valence-electron chi connectivity index (χ3n) is 1.49. The highest BCUT2D eigenvalue weighted by Gasteiger charge is 2.35. The molecule has 0 aliphatic heterocycles. The van der Waals surface area contributed by atoms with Crippen LogP contribution >= 0.6 is 11.6 Å². The first-order valence-electron chi connectivity index (χ1n) is 3.33. The molecular weight excluding hydrogens is 205 g/mol. The van der Waals surface area contributed by atoms with E-state index in [1.54, 1.807) is 0 Å². The summed E-state index contributed by atoms with van der Waals surface area (Å²) in [5, 5.41) is 0. The van der Waals surface area contributed by atoms with E-state index in [1.807, 2.05) is 0 Å². The van der Waals surface area contributed by atoms with E-state index in [2.05, 4.69) is 4.98 Å². The van der Waals surface area contributed by atoms with Crippen LogP contribution in [0.2, 0.25) is 0 Å². The Hall–Kier alpha value is -0.970. The molecule has 0 fully saturated rings. The SMILES string of the molecule is Nc1ccnc(C(F)(F)F)c1CCl. The Morgan fingerprint density at radius 3 is 2.46 bits per heavy atom. The first-order valence-corrected chi connectivity index (χ1v) is 3.86. The summed E-state index contributed by atoms with van der Waals surface area (Å²) in [5.74, 6) is -0.297. The van der Waals surface area contributed by atoms with Crippen molar-refractivity contribution < 1.29 is 13.2 Å². The lowest BCUT2D eigenvalue weighted by Gasteiger charge is -2.10. The molecule has 0 aliphatic carbocycles. The van der Waals surface area contributed by atoms with Crippen molar-refractivity contribution in [3.8, 4) is 0 Å². The summed E-state index contributed by atoms with van der Waals surface area (Å²) in [4.78, 5) is 3.19. The van der Waals surface area contributed by atoms with Crippen LogP contribution in [0.15, 0.2) is 12.3 Å². The summed E-state index contributed by atoms with van der Waals surface area (Å²) in [6.45, 7) is 0. The molecule has 1 rings (SSSR count). The minimum absolute atomic E-state index is 0.0114. The molecule has 0 saturated heterocycles. The van der Waals surface area contributed by atoms with Gasteiger partial charge in [0.2, 0.25) is 0 Å². The molecule has 13 heavy (non-hydrogen) atoms. The maximum Gasteiger partial charge on any atom is 0.433 e. The fraction of sp³-hybridized carbons (Fsp3) is 0.286. The summed E-state index contributed by atoms with van der Waals surface area (Å²) in [5.41, 5.74) is 4.13. The minimum atomic E-state index is -4.50. The van der Waals surface area contributed by atoms with Crippen LogP contribution in [-0.4, -0.2) is 4.98 Å². The summed E-state index contributed by atoms with van der Waals surface area (Å²) in [6, 6.07) is 1.28. The molecule has 0 spiro atoms. The molecular formula is C7H6ClF3N2. The van der Waals surface area contributed by atoms with Crippen molar-refractivity contribution in [3.05, 3.63) is 23.5 Å². The highest BCUT2D eigenvalue weighted by atomic mass is 35.5. The van der Waals surface area contributed by atoms with Gasteiger partial charge in [-0.25, -0.2) is 0 Å². The molecule has 0 aromatic carbocycles. The van der Waals surface area contributed by atoms with E-state index < -0.39 is 11.9 Å². The second kappa shape index (κ2) is 3.41. The Kier molecular flexibility index (Phi) is 2.66. The van der Waals surface area contributed by atoms with Crippen LogP contribution < -0.4 is 5.73 Å². The van der Waals surface area contributed by atoms with Crippen molar-refractivity contribution in [1.29, 1.82) is 0 Å². The average Bonchev–Trinajstić information content (AvgIpc) is 2.02. The number of halogens is 4. The van der Waals surface area contributed by atoms with E-state index in [0.717, 1.165) is 6.20 Å². The largest absolute Gasteiger partial charge is 0.433 e. The molecule has 0 atom stereocenters. The third kappa shape index (κ3) is 2.03. The van der Waals surface area contributed by atoms with Crippen LogP contribution in [0.25, 0.3) is 0 Å². The summed E-state index contributed by atoms with van der Waals surface area (Å²) in [6.07, 6.45) is -3.49. The number of nitrogens with two attached hydrogens (primary N) is 1. The number of pyridine rings is 1. The Morgan fingerprint density at radius 2 is 2.08 bits per heavy atom. The van der Waals surface area contributed by atoms with Crippen molar-refractivity contribution in [2.45, 2.75) is 12.1 Å². The van der Waals surface area contributed by atoms with Gasteiger partial charge in [0, 0.05) is 17.4 Å². The van der Waals surface area contributed by atoms with Crippen molar-refractivity contribution >= 4 is 17.3 Å². The zero-order valence-electron chi connectivity index (χ0n) is 6.40. The maximum atomic E-state index is 12.2. The molecule has 1 aromatic rings. The first kappa shape index (κ1) is 10.1. The quantitative estimate of drug-likeness (QED) is 0.723. The zero-order chi connectivity index (χ0) is 10.1. The van der Waals surface area contributed by atoms with Gasteiger partial charge in [-0.2, -0.15) is 13.2 Å². The molecule has 0 saturated carbocycles. The van der Waals surface area contributed by atoms with Crippen LogP contribution in [-0.2, 0) is 12.1 Å². The van der Waals surface area contributed by atoms with Gasteiger partial charge in [0.25, 0.3) is 0 Å². The van der Waals surface area contributed by atoms with Crippen LogP contribution in [0.3, 0.4) is 0 Å². The third-order valence-corrected chi connectivity index (χ3v) is 1.76. The second-order valence-corrected chi connectivity index (χ2v) is 2.63. The molecule has 72 valence electrons. The summed E-state index contributed by atoms with van der Waals surface area (Å²) >= 11 is 5.32. The predicted molar refractivity (Wildman–Crippen MR) is 43.2 cm³/mol. The molecule has 1 aromatic heterocycles. The van der Waals surface area contributed by atoms with Gasteiger partial charge < -0.3 is 5.73 Å². The van der Waals surface area contributed by atoms with E-state index in [4.69, 9.17) is 17.3 Å². The van der Waals surface area contributed by atoms with Crippen molar-refractivity contribution in [2.75, 3.05) is 5.73 Å². The molecule has 0 bridgehead atoms. The molecule has 0 unspecified atom stereocenters. The van der Waals surface area contributed by atoms with Crippen molar-refractivity contribution in [1.82, 2.24) is 4.98 Å². The van der Waals surface area contributed by atoms with E-state index >= 15 is 0 Å². The van der Waals surface area contributed by atoms with E-state index in [-0.39, 0.29) is 17.1 Å². The highest BCUT2D eigenvalue weighted by molar-refractivity contribution is 6.17. The molecule has 6 heteroatoms. The molecule has 1 heterocycles. The smallest absolute Gasteiger partial charge is 0.398 e. The number of hydrogen-bond donors (Lipinski definition) is 1. The number of rotatable bonds is 1. The van der Waals surface area contributed by atoms with Crippen LogP contribution in [0, 0.1) is 0 Å². The molecule has 2 nitrogen and oxygen atoms in total. The Balaban J connectivity index is 3.29. The van der Waals surface area contributed by atoms with Gasteiger partial charge in [0.05, 0.1) is 5.88 Å². The lowest BCUT2D eigenvalue weighted by molar-refractivity contribution is -0.141. The number of hydrogen-bond acceptors (Lipinski definition) is 2. The molecule has 2 N–H and O–H groups in total. The lowest BCUT2D eigenvalue weighted by atomic mass is 10.2. The number of aromatic nitrogens is 1. The summed E-state index contributed by atoms with van der Waals surface area (Å²) < 4.78 is 36.7. The minimum Gasteiger partial charge on any atom is -0.398 e. The molecule has 0 amide bonds. The number of alkyl halides is 4. The Bertz CT molecular complexity index is 311. The normalized spacial score (nSPS) is 11.7. The highest BCUT2D eigenvalue weighted by Crippen LogP contribution is 2.32. The Morgan fingerprint density at radius 1 is 1.46 bits per heavy atom. The molecule has 0 aliphatic rings. The fourth-order valence-electron chi connectivity index (χ4n) is 0.892.